The Labute approximate surface area is 121 Å². The number of benzene rings is 1. The van der Waals surface area contributed by atoms with Crippen LogP contribution in [0.5, 0.6) is 0 Å². The molecule has 20 heavy (non-hydrogen) atoms. The Morgan fingerprint density at radius 1 is 1.40 bits per heavy atom. The third-order valence-corrected chi connectivity index (χ3v) is 3.36. The molecule has 0 fully saturated rings. The lowest BCUT2D eigenvalue weighted by atomic mass is 10.1. The summed E-state index contributed by atoms with van der Waals surface area (Å²) in [6, 6.07) is 9.35. The van der Waals surface area contributed by atoms with E-state index in [-0.39, 0.29) is 5.91 Å². The number of carbonyl (C=O) groups is 1. The first-order chi connectivity index (χ1) is 9.54. The second-order valence-electron chi connectivity index (χ2n) is 5.23. The highest BCUT2D eigenvalue weighted by Gasteiger charge is 2.06. The highest BCUT2D eigenvalue weighted by Crippen LogP contribution is 2.04. The molecule has 0 saturated carbocycles. The van der Waals surface area contributed by atoms with E-state index < -0.39 is 0 Å². The summed E-state index contributed by atoms with van der Waals surface area (Å²) in [5.41, 5.74) is 1.06. The van der Waals surface area contributed by atoms with E-state index in [0.29, 0.717) is 23.7 Å². The smallest absolute Gasteiger partial charge is 0.251 e. The predicted octanol–water partition coefficient (Wildman–Crippen LogP) is 2.41. The Kier molecular flexibility index (Phi) is 6.75. The van der Waals surface area contributed by atoms with Crippen LogP contribution in [0.4, 0.5) is 0 Å². The lowest BCUT2D eigenvalue weighted by Gasteiger charge is -2.20. The monoisotopic (exact) mass is 273 g/mol. The van der Waals surface area contributed by atoms with Gasteiger partial charge in [-0.15, -0.1) is 0 Å². The molecule has 1 rings (SSSR count). The molecular weight excluding hydrogens is 250 g/mol. The largest absolute Gasteiger partial charge is 0.352 e. The average molecular weight is 273 g/mol. The summed E-state index contributed by atoms with van der Waals surface area (Å²) in [4.78, 5) is 14.2. The van der Waals surface area contributed by atoms with Gasteiger partial charge in [-0.25, -0.2) is 0 Å². The molecule has 4 nitrogen and oxygen atoms in total. The minimum atomic E-state index is -0.112. The first kappa shape index (κ1) is 16.2. The predicted molar refractivity (Wildman–Crippen MR) is 80.5 cm³/mol. The van der Waals surface area contributed by atoms with Gasteiger partial charge >= 0.3 is 0 Å². The molecule has 0 aliphatic heterocycles. The lowest BCUT2D eigenvalue weighted by Crippen LogP contribution is -2.29. The average Bonchev–Trinajstić information content (AvgIpc) is 2.46. The molecular formula is C16H23N3O. The number of hydrogen-bond donors (Lipinski definition) is 1. The van der Waals surface area contributed by atoms with Crippen molar-refractivity contribution in [2.75, 3.05) is 20.1 Å². The summed E-state index contributed by atoms with van der Waals surface area (Å²) in [6.07, 6.45) is 2.02. The molecule has 0 spiro atoms. The summed E-state index contributed by atoms with van der Waals surface area (Å²) in [5.74, 6) is -0.112. The Balaban J connectivity index is 2.28. The van der Waals surface area contributed by atoms with E-state index in [4.69, 9.17) is 5.26 Å². The minimum Gasteiger partial charge on any atom is -0.352 e. The highest BCUT2D eigenvalue weighted by molar-refractivity contribution is 5.94. The van der Waals surface area contributed by atoms with Crippen molar-refractivity contribution in [3.8, 4) is 6.07 Å². The van der Waals surface area contributed by atoms with Gasteiger partial charge in [-0.1, -0.05) is 6.07 Å². The third-order valence-electron chi connectivity index (χ3n) is 3.36. The Hall–Kier alpha value is -1.86. The zero-order valence-electron chi connectivity index (χ0n) is 12.5. The molecule has 0 aliphatic carbocycles. The van der Waals surface area contributed by atoms with Crippen molar-refractivity contribution in [3.05, 3.63) is 35.4 Å². The number of rotatable bonds is 7. The highest BCUT2D eigenvalue weighted by atomic mass is 16.1. The molecule has 1 aromatic rings. The Bertz CT molecular complexity index is 477. The molecule has 0 aliphatic rings. The topological polar surface area (TPSA) is 56.1 Å². The summed E-state index contributed by atoms with van der Waals surface area (Å²) in [7, 11) is 2.11. The third kappa shape index (κ3) is 5.41. The van der Waals surface area contributed by atoms with Crippen molar-refractivity contribution >= 4 is 5.91 Å². The van der Waals surface area contributed by atoms with E-state index in [1.165, 1.54) is 0 Å². The van der Waals surface area contributed by atoms with Crippen molar-refractivity contribution in [2.24, 2.45) is 0 Å². The van der Waals surface area contributed by atoms with Gasteiger partial charge < -0.3 is 10.2 Å². The Morgan fingerprint density at radius 3 is 2.80 bits per heavy atom. The van der Waals surface area contributed by atoms with Crippen LogP contribution in [0, 0.1) is 11.3 Å². The molecule has 0 radical (unpaired) electrons. The molecule has 0 bridgehead atoms. The van der Waals surface area contributed by atoms with E-state index in [1.807, 2.05) is 6.07 Å². The van der Waals surface area contributed by atoms with Gasteiger partial charge in [-0.05, 0) is 58.5 Å². The summed E-state index contributed by atoms with van der Waals surface area (Å²) in [6.45, 7) is 6.05. The first-order valence-electron chi connectivity index (χ1n) is 7.03. The van der Waals surface area contributed by atoms with Crippen LogP contribution in [0.3, 0.4) is 0 Å². The van der Waals surface area contributed by atoms with E-state index in [9.17, 15) is 4.79 Å². The molecule has 0 heterocycles. The van der Waals surface area contributed by atoms with Crippen molar-refractivity contribution in [3.63, 3.8) is 0 Å². The molecule has 0 saturated heterocycles. The fourth-order valence-corrected chi connectivity index (χ4v) is 1.78. The van der Waals surface area contributed by atoms with Gasteiger partial charge in [-0.3, -0.25) is 4.79 Å². The van der Waals surface area contributed by atoms with Gasteiger partial charge in [0.15, 0.2) is 0 Å². The summed E-state index contributed by atoms with van der Waals surface area (Å²) >= 11 is 0. The van der Waals surface area contributed by atoms with Gasteiger partial charge in [0.05, 0.1) is 11.6 Å². The summed E-state index contributed by atoms with van der Waals surface area (Å²) in [5, 5.41) is 11.7. The minimum absolute atomic E-state index is 0.112. The molecule has 1 N–H and O–H groups in total. The second kappa shape index (κ2) is 8.34. The molecule has 0 unspecified atom stereocenters. The normalized spacial score (nSPS) is 10.6. The molecule has 0 aromatic heterocycles. The molecule has 1 aromatic carbocycles. The van der Waals surface area contributed by atoms with Crippen molar-refractivity contribution in [2.45, 2.75) is 32.7 Å². The van der Waals surface area contributed by atoms with Crippen molar-refractivity contribution in [1.82, 2.24) is 10.2 Å². The number of nitrogens with zero attached hydrogens (tertiary/aromatic N) is 2. The van der Waals surface area contributed by atoms with Gasteiger partial charge in [0.1, 0.15) is 0 Å². The van der Waals surface area contributed by atoms with Crippen LogP contribution in [0.25, 0.3) is 0 Å². The van der Waals surface area contributed by atoms with Gasteiger partial charge in [0, 0.05) is 18.2 Å². The maximum Gasteiger partial charge on any atom is 0.251 e. The quantitative estimate of drug-likeness (QED) is 0.776. The van der Waals surface area contributed by atoms with Crippen LogP contribution >= 0.6 is 0 Å². The standard InChI is InChI=1S/C16H23N3O/c1-13(2)19(3)10-5-4-9-18-16(20)15-8-6-7-14(11-15)12-17/h6-8,11,13H,4-5,9-10H2,1-3H3,(H,18,20). The molecule has 4 heteroatoms. The van der Waals surface area contributed by atoms with E-state index in [2.05, 4.69) is 31.1 Å². The van der Waals surface area contributed by atoms with Crippen LogP contribution in [-0.4, -0.2) is 37.0 Å². The van der Waals surface area contributed by atoms with Crippen molar-refractivity contribution < 1.29 is 4.79 Å². The number of nitrogens with one attached hydrogen (secondary N) is 1. The van der Waals surface area contributed by atoms with Crippen LogP contribution in [0.15, 0.2) is 24.3 Å². The fourth-order valence-electron chi connectivity index (χ4n) is 1.78. The van der Waals surface area contributed by atoms with Gasteiger partial charge in [-0.2, -0.15) is 5.26 Å². The number of unbranched alkanes of at least 4 members (excludes halogenated alkanes) is 1. The zero-order valence-corrected chi connectivity index (χ0v) is 12.5. The molecule has 1 amide bonds. The van der Waals surface area contributed by atoms with E-state index >= 15 is 0 Å². The summed E-state index contributed by atoms with van der Waals surface area (Å²) < 4.78 is 0. The van der Waals surface area contributed by atoms with Crippen LogP contribution in [0.2, 0.25) is 0 Å². The number of carbonyl (C=O) groups excluding carboxylic acids is 1. The number of hydrogen-bond acceptors (Lipinski definition) is 3. The maximum absolute atomic E-state index is 11.9. The number of amides is 1. The molecule has 108 valence electrons. The van der Waals surface area contributed by atoms with E-state index in [0.717, 1.165) is 19.4 Å². The van der Waals surface area contributed by atoms with E-state index in [1.54, 1.807) is 24.3 Å². The lowest BCUT2D eigenvalue weighted by molar-refractivity contribution is 0.0952. The van der Waals surface area contributed by atoms with Crippen LogP contribution < -0.4 is 5.32 Å². The number of nitriles is 1. The van der Waals surface area contributed by atoms with Gasteiger partial charge in [0.25, 0.3) is 5.91 Å². The van der Waals surface area contributed by atoms with Crippen LogP contribution in [0.1, 0.15) is 42.6 Å². The first-order valence-corrected chi connectivity index (χ1v) is 7.03. The molecule has 0 atom stereocenters. The Morgan fingerprint density at radius 2 is 2.15 bits per heavy atom. The van der Waals surface area contributed by atoms with Crippen molar-refractivity contribution in [1.29, 1.82) is 5.26 Å². The van der Waals surface area contributed by atoms with Gasteiger partial charge in [0.2, 0.25) is 0 Å². The second-order valence-corrected chi connectivity index (χ2v) is 5.23. The van der Waals surface area contributed by atoms with Crippen LogP contribution in [-0.2, 0) is 0 Å². The zero-order chi connectivity index (χ0) is 15.0. The SMILES string of the molecule is CC(C)N(C)CCCCNC(=O)c1cccc(C#N)c1. The fraction of sp³-hybridized carbons (Fsp3) is 0.500. The maximum atomic E-state index is 11.9.